The normalized spacial score (nSPS) is 26.2. The van der Waals surface area contributed by atoms with Crippen molar-refractivity contribution in [1.82, 2.24) is 4.31 Å². The molecule has 2 unspecified atom stereocenters. The average Bonchev–Trinajstić information content (AvgIpc) is 2.28. The van der Waals surface area contributed by atoms with Crippen LogP contribution in [0.25, 0.3) is 0 Å². The summed E-state index contributed by atoms with van der Waals surface area (Å²) in [7, 11) is -3.41. The molecule has 1 saturated heterocycles. The zero-order valence-corrected chi connectivity index (χ0v) is 12.7. The van der Waals surface area contributed by atoms with Gasteiger partial charge >= 0.3 is 0 Å². The molecule has 100 valence electrons. The molecule has 1 aromatic carbocycles. The van der Waals surface area contributed by atoms with Gasteiger partial charge in [0.2, 0.25) is 10.0 Å². The van der Waals surface area contributed by atoms with Gasteiger partial charge in [0.15, 0.2) is 0 Å². The summed E-state index contributed by atoms with van der Waals surface area (Å²) in [4.78, 5) is 0.326. The van der Waals surface area contributed by atoms with Gasteiger partial charge in [-0.05, 0) is 38.1 Å². The van der Waals surface area contributed by atoms with Gasteiger partial charge in [-0.2, -0.15) is 4.31 Å². The van der Waals surface area contributed by atoms with Crippen molar-refractivity contribution in [1.29, 1.82) is 0 Å². The lowest BCUT2D eigenvalue weighted by molar-refractivity contribution is -0.0440. The highest BCUT2D eigenvalue weighted by Gasteiger charge is 2.31. The van der Waals surface area contributed by atoms with Crippen molar-refractivity contribution in [2.24, 2.45) is 0 Å². The van der Waals surface area contributed by atoms with E-state index in [1.54, 1.807) is 24.3 Å². The van der Waals surface area contributed by atoms with E-state index in [0.29, 0.717) is 18.0 Å². The predicted octanol–water partition coefficient (Wildman–Crippen LogP) is 2.25. The van der Waals surface area contributed by atoms with Crippen molar-refractivity contribution >= 4 is 26.0 Å². The first-order chi connectivity index (χ1) is 8.39. The number of rotatable bonds is 2. The Balaban J connectivity index is 2.28. The number of halogens is 1. The molecule has 1 fully saturated rings. The first-order valence-corrected chi connectivity index (χ1v) is 8.04. The second kappa shape index (κ2) is 5.28. The molecular weight excluding hydrogens is 318 g/mol. The van der Waals surface area contributed by atoms with E-state index in [1.165, 1.54) is 4.31 Å². The summed E-state index contributed by atoms with van der Waals surface area (Å²) in [6.45, 7) is 4.59. The Morgan fingerprint density at radius 1 is 1.17 bits per heavy atom. The molecule has 4 nitrogen and oxygen atoms in total. The molecule has 0 spiro atoms. The van der Waals surface area contributed by atoms with Gasteiger partial charge in [-0.1, -0.05) is 15.9 Å². The molecule has 0 aliphatic carbocycles. The SMILES string of the molecule is CC1CN(S(=O)(=O)c2ccc(Br)cc2)CC(C)O1. The highest BCUT2D eigenvalue weighted by Crippen LogP contribution is 2.22. The van der Waals surface area contributed by atoms with Crippen LogP contribution in [0.2, 0.25) is 0 Å². The molecular formula is C12H16BrNO3S. The van der Waals surface area contributed by atoms with E-state index in [-0.39, 0.29) is 12.2 Å². The first-order valence-electron chi connectivity index (χ1n) is 5.81. The zero-order chi connectivity index (χ0) is 13.3. The van der Waals surface area contributed by atoms with Crippen molar-refractivity contribution < 1.29 is 13.2 Å². The minimum atomic E-state index is -3.41. The Labute approximate surface area is 116 Å². The molecule has 0 N–H and O–H groups in total. The largest absolute Gasteiger partial charge is 0.373 e. The third-order valence-corrected chi connectivity index (χ3v) is 5.21. The van der Waals surface area contributed by atoms with Crippen LogP contribution in [0.1, 0.15) is 13.8 Å². The van der Waals surface area contributed by atoms with Gasteiger partial charge in [-0.15, -0.1) is 0 Å². The van der Waals surface area contributed by atoms with Crippen molar-refractivity contribution in [3.63, 3.8) is 0 Å². The molecule has 1 aliphatic rings. The zero-order valence-electron chi connectivity index (χ0n) is 10.3. The lowest BCUT2D eigenvalue weighted by Gasteiger charge is -2.34. The number of hydrogen-bond acceptors (Lipinski definition) is 3. The van der Waals surface area contributed by atoms with Gasteiger partial charge in [-0.3, -0.25) is 0 Å². The van der Waals surface area contributed by atoms with Crippen molar-refractivity contribution in [2.45, 2.75) is 31.0 Å². The molecule has 1 aliphatic heterocycles. The Hall–Kier alpha value is -0.430. The molecule has 1 heterocycles. The summed E-state index contributed by atoms with van der Waals surface area (Å²) in [6.07, 6.45) is -0.141. The number of ether oxygens (including phenoxy) is 1. The Kier molecular flexibility index (Phi) is 4.11. The number of nitrogens with zero attached hydrogens (tertiary/aromatic N) is 1. The van der Waals surface area contributed by atoms with Crippen molar-refractivity contribution in [2.75, 3.05) is 13.1 Å². The maximum atomic E-state index is 12.4. The molecule has 6 heteroatoms. The smallest absolute Gasteiger partial charge is 0.243 e. The standard InChI is InChI=1S/C12H16BrNO3S/c1-9-7-14(8-10(2)17-9)18(15,16)12-5-3-11(13)4-6-12/h3-6,9-10H,7-8H2,1-2H3. The predicted molar refractivity (Wildman–Crippen MR) is 72.9 cm³/mol. The fourth-order valence-corrected chi connectivity index (χ4v) is 3.94. The van der Waals surface area contributed by atoms with E-state index in [2.05, 4.69) is 15.9 Å². The third kappa shape index (κ3) is 2.93. The minimum absolute atomic E-state index is 0.0704. The van der Waals surface area contributed by atoms with Gasteiger partial charge in [0.05, 0.1) is 17.1 Å². The monoisotopic (exact) mass is 333 g/mol. The van der Waals surface area contributed by atoms with Crippen LogP contribution in [-0.4, -0.2) is 38.0 Å². The van der Waals surface area contributed by atoms with Crippen LogP contribution < -0.4 is 0 Å². The third-order valence-electron chi connectivity index (χ3n) is 2.84. The van der Waals surface area contributed by atoms with Crippen LogP contribution in [0, 0.1) is 0 Å². The Morgan fingerprint density at radius 2 is 1.67 bits per heavy atom. The Morgan fingerprint density at radius 3 is 2.17 bits per heavy atom. The van der Waals surface area contributed by atoms with E-state index in [9.17, 15) is 8.42 Å². The van der Waals surface area contributed by atoms with E-state index >= 15 is 0 Å². The summed E-state index contributed by atoms with van der Waals surface area (Å²) in [5.41, 5.74) is 0. The fourth-order valence-electron chi connectivity index (χ4n) is 2.08. The number of hydrogen-bond donors (Lipinski definition) is 0. The van der Waals surface area contributed by atoms with E-state index < -0.39 is 10.0 Å². The maximum Gasteiger partial charge on any atom is 0.243 e. The van der Waals surface area contributed by atoms with Gasteiger partial charge < -0.3 is 4.74 Å². The topological polar surface area (TPSA) is 46.6 Å². The van der Waals surface area contributed by atoms with Crippen LogP contribution in [0.15, 0.2) is 33.6 Å². The number of sulfonamides is 1. The van der Waals surface area contributed by atoms with Crippen LogP contribution in [0.5, 0.6) is 0 Å². The molecule has 0 aromatic heterocycles. The summed E-state index contributed by atoms with van der Waals surface area (Å²) in [5.74, 6) is 0. The van der Waals surface area contributed by atoms with Gasteiger partial charge in [-0.25, -0.2) is 8.42 Å². The Bertz CT molecular complexity index is 505. The van der Waals surface area contributed by atoms with Crippen LogP contribution in [0.4, 0.5) is 0 Å². The van der Waals surface area contributed by atoms with Gasteiger partial charge in [0.25, 0.3) is 0 Å². The van der Waals surface area contributed by atoms with Crippen LogP contribution in [-0.2, 0) is 14.8 Å². The van der Waals surface area contributed by atoms with E-state index in [0.717, 1.165) is 4.47 Å². The molecule has 2 atom stereocenters. The lowest BCUT2D eigenvalue weighted by Crippen LogP contribution is -2.48. The molecule has 0 radical (unpaired) electrons. The number of morpholine rings is 1. The highest BCUT2D eigenvalue weighted by atomic mass is 79.9. The van der Waals surface area contributed by atoms with Gasteiger partial charge in [0, 0.05) is 17.6 Å². The summed E-state index contributed by atoms with van der Waals surface area (Å²) >= 11 is 3.30. The quantitative estimate of drug-likeness (QED) is 0.833. The highest BCUT2D eigenvalue weighted by molar-refractivity contribution is 9.10. The lowest BCUT2D eigenvalue weighted by atomic mass is 10.3. The fraction of sp³-hybridized carbons (Fsp3) is 0.500. The second-order valence-electron chi connectivity index (χ2n) is 4.53. The number of benzene rings is 1. The minimum Gasteiger partial charge on any atom is -0.373 e. The van der Waals surface area contributed by atoms with Crippen LogP contribution >= 0.6 is 15.9 Å². The second-order valence-corrected chi connectivity index (χ2v) is 7.39. The molecule has 1 aromatic rings. The van der Waals surface area contributed by atoms with E-state index in [1.807, 2.05) is 13.8 Å². The molecule has 2 rings (SSSR count). The van der Waals surface area contributed by atoms with Crippen molar-refractivity contribution in [3.8, 4) is 0 Å². The van der Waals surface area contributed by atoms with Gasteiger partial charge in [0.1, 0.15) is 0 Å². The molecule has 0 amide bonds. The average molecular weight is 334 g/mol. The maximum absolute atomic E-state index is 12.4. The first kappa shape index (κ1) is 14.0. The summed E-state index contributed by atoms with van der Waals surface area (Å²) in [5, 5.41) is 0. The molecule has 18 heavy (non-hydrogen) atoms. The van der Waals surface area contributed by atoms with Crippen LogP contribution in [0.3, 0.4) is 0 Å². The molecule has 0 bridgehead atoms. The summed E-state index contributed by atoms with van der Waals surface area (Å²) in [6, 6.07) is 6.70. The molecule has 0 saturated carbocycles. The van der Waals surface area contributed by atoms with Crippen molar-refractivity contribution in [3.05, 3.63) is 28.7 Å². The van der Waals surface area contributed by atoms with E-state index in [4.69, 9.17) is 4.74 Å². The summed E-state index contributed by atoms with van der Waals surface area (Å²) < 4.78 is 32.8.